The molecule has 0 unspecified atom stereocenters. The molecule has 76 valence electrons. The minimum Gasteiger partial charge on any atom is -0.376 e. The molecule has 0 spiro atoms. The van der Waals surface area contributed by atoms with Crippen molar-refractivity contribution in [1.82, 2.24) is 0 Å². The fourth-order valence-electron chi connectivity index (χ4n) is 0.898. The van der Waals surface area contributed by atoms with Gasteiger partial charge in [-0.15, -0.1) is 0 Å². The minimum atomic E-state index is 0.375. The molecule has 0 aromatic carbocycles. The van der Waals surface area contributed by atoms with Gasteiger partial charge in [-0.05, 0) is 27.7 Å². The maximum atomic E-state index is 5.25. The van der Waals surface area contributed by atoms with Crippen molar-refractivity contribution in [2.45, 2.75) is 73.0 Å². The number of hydrogen-bond acceptors (Lipinski definition) is 1. The van der Waals surface area contributed by atoms with Crippen molar-refractivity contribution in [3.63, 3.8) is 0 Å². The van der Waals surface area contributed by atoms with E-state index in [0.29, 0.717) is 12.2 Å². The number of hydrogen-bond donors (Lipinski definition) is 0. The first-order valence-corrected chi connectivity index (χ1v) is 5.20. The van der Waals surface area contributed by atoms with E-state index in [1.54, 1.807) is 0 Å². The zero-order valence-electron chi connectivity index (χ0n) is 9.68. The van der Waals surface area contributed by atoms with E-state index in [2.05, 4.69) is 13.8 Å². The van der Waals surface area contributed by atoms with Crippen molar-refractivity contribution < 1.29 is 4.74 Å². The normalized spacial score (nSPS) is 10.0. The maximum Gasteiger partial charge on any atom is 0.0522 e. The van der Waals surface area contributed by atoms with Crippen molar-refractivity contribution in [2.75, 3.05) is 0 Å². The number of unbranched alkanes of at least 4 members (excludes halogenated alkanes) is 2. The van der Waals surface area contributed by atoms with Crippen LogP contribution in [0.15, 0.2) is 0 Å². The summed E-state index contributed by atoms with van der Waals surface area (Å²) < 4.78 is 5.25. The Balaban J connectivity index is 0. The van der Waals surface area contributed by atoms with Crippen molar-refractivity contribution in [2.24, 2.45) is 0 Å². The van der Waals surface area contributed by atoms with E-state index in [9.17, 15) is 0 Å². The van der Waals surface area contributed by atoms with Crippen molar-refractivity contribution >= 4 is 0 Å². The molecular formula is C11H26O. The van der Waals surface area contributed by atoms with E-state index < -0.39 is 0 Å². The Morgan fingerprint density at radius 3 is 1.17 bits per heavy atom. The molecule has 0 aromatic rings. The lowest BCUT2D eigenvalue weighted by Gasteiger charge is -2.09. The molecule has 12 heavy (non-hydrogen) atoms. The average Bonchev–Trinajstić information content (AvgIpc) is 1.87. The largest absolute Gasteiger partial charge is 0.376 e. The summed E-state index contributed by atoms with van der Waals surface area (Å²) in [4.78, 5) is 0. The summed E-state index contributed by atoms with van der Waals surface area (Å²) in [5.74, 6) is 0. The van der Waals surface area contributed by atoms with Crippen LogP contribution in [0, 0.1) is 0 Å². The van der Waals surface area contributed by atoms with Gasteiger partial charge < -0.3 is 4.74 Å². The first-order chi connectivity index (χ1) is 5.54. The van der Waals surface area contributed by atoms with Gasteiger partial charge in [-0.1, -0.05) is 33.1 Å². The second-order valence-electron chi connectivity index (χ2n) is 3.59. The van der Waals surface area contributed by atoms with Crippen LogP contribution in [-0.4, -0.2) is 12.2 Å². The van der Waals surface area contributed by atoms with Gasteiger partial charge >= 0.3 is 0 Å². The molecule has 0 heterocycles. The molecule has 0 rings (SSSR count). The summed E-state index contributed by atoms with van der Waals surface area (Å²) in [6, 6.07) is 0. The van der Waals surface area contributed by atoms with Gasteiger partial charge in [-0.2, -0.15) is 0 Å². The molecule has 0 atom stereocenters. The zero-order chi connectivity index (χ0) is 9.98. The summed E-state index contributed by atoms with van der Waals surface area (Å²) in [5.41, 5.74) is 0. The molecule has 0 radical (unpaired) electrons. The Hall–Kier alpha value is -0.0400. The Labute approximate surface area is 78.5 Å². The summed E-state index contributed by atoms with van der Waals surface area (Å²) in [5, 5.41) is 0. The van der Waals surface area contributed by atoms with Crippen LogP contribution in [0.4, 0.5) is 0 Å². The van der Waals surface area contributed by atoms with Crippen molar-refractivity contribution in [3.8, 4) is 0 Å². The van der Waals surface area contributed by atoms with Gasteiger partial charge in [0.05, 0.1) is 12.2 Å². The highest BCUT2D eigenvalue weighted by Gasteiger charge is 1.94. The fraction of sp³-hybridized carbons (Fsp3) is 1.00. The van der Waals surface area contributed by atoms with Gasteiger partial charge in [0, 0.05) is 0 Å². The third kappa shape index (κ3) is 22.5. The highest BCUT2D eigenvalue weighted by atomic mass is 16.5. The molecule has 0 fully saturated rings. The molecule has 1 nitrogen and oxygen atoms in total. The third-order valence-corrected chi connectivity index (χ3v) is 1.25. The lowest BCUT2D eigenvalue weighted by molar-refractivity contribution is 0.0300. The molecule has 0 aliphatic heterocycles. The van der Waals surface area contributed by atoms with Crippen molar-refractivity contribution in [1.29, 1.82) is 0 Å². The highest BCUT2D eigenvalue weighted by Crippen LogP contribution is 1.93. The van der Waals surface area contributed by atoms with Crippen LogP contribution in [0.1, 0.15) is 60.8 Å². The summed E-state index contributed by atoms with van der Waals surface area (Å²) in [7, 11) is 0. The van der Waals surface area contributed by atoms with Gasteiger partial charge in [-0.25, -0.2) is 0 Å². The van der Waals surface area contributed by atoms with Gasteiger partial charge in [0.1, 0.15) is 0 Å². The average molecular weight is 174 g/mol. The van der Waals surface area contributed by atoms with Crippen molar-refractivity contribution in [3.05, 3.63) is 0 Å². The number of rotatable bonds is 4. The van der Waals surface area contributed by atoms with Crippen LogP contribution in [0.2, 0.25) is 0 Å². The third-order valence-electron chi connectivity index (χ3n) is 1.25. The molecule has 1 heteroatoms. The molecule has 0 aromatic heterocycles. The molecule has 0 aliphatic carbocycles. The molecule has 0 bridgehead atoms. The minimum absolute atomic E-state index is 0.375. The summed E-state index contributed by atoms with van der Waals surface area (Å²) in [6.07, 6.45) is 4.83. The lowest BCUT2D eigenvalue weighted by Crippen LogP contribution is -2.09. The van der Waals surface area contributed by atoms with Crippen LogP contribution < -0.4 is 0 Å². The van der Waals surface area contributed by atoms with Gasteiger partial charge in [0.15, 0.2) is 0 Å². The van der Waals surface area contributed by atoms with Crippen LogP contribution in [-0.2, 0) is 4.74 Å². The lowest BCUT2D eigenvalue weighted by atomic mass is 10.3. The zero-order valence-corrected chi connectivity index (χ0v) is 9.68. The van der Waals surface area contributed by atoms with Gasteiger partial charge in [0.2, 0.25) is 0 Å². The Kier molecular flexibility index (Phi) is 13.2. The molecule has 0 aliphatic rings. The molecule has 0 saturated heterocycles. The topological polar surface area (TPSA) is 9.23 Å². The number of ether oxygens (including phenoxy) is 1. The van der Waals surface area contributed by atoms with E-state index in [-0.39, 0.29) is 0 Å². The highest BCUT2D eigenvalue weighted by molar-refractivity contribution is 4.40. The summed E-state index contributed by atoms with van der Waals surface area (Å²) >= 11 is 0. The van der Waals surface area contributed by atoms with Crippen LogP contribution in [0.25, 0.3) is 0 Å². The van der Waals surface area contributed by atoms with E-state index in [1.807, 2.05) is 27.7 Å². The predicted octanol–water partition coefficient (Wildman–Crippen LogP) is 4.02. The monoisotopic (exact) mass is 174 g/mol. The SMILES string of the molecule is CC(C)OC(C)C.CCCCC. The van der Waals surface area contributed by atoms with Gasteiger partial charge in [-0.3, -0.25) is 0 Å². The molecule has 0 saturated carbocycles. The van der Waals surface area contributed by atoms with E-state index in [1.165, 1.54) is 19.3 Å². The smallest absolute Gasteiger partial charge is 0.0522 e. The first-order valence-electron chi connectivity index (χ1n) is 5.20. The molecule has 0 N–H and O–H groups in total. The van der Waals surface area contributed by atoms with E-state index in [4.69, 9.17) is 4.74 Å². The van der Waals surface area contributed by atoms with Crippen LogP contribution in [0.3, 0.4) is 0 Å². The van der Waals surface area contributed by atoms with Gasteiger partial charge in [0.25, 0.3) is 0 Å². The first kappa shape index (κ1) is 14.5. The van der Waals surface area contributed by atoms with Crippen LogP contribution in [0.5, 0.6) is 0 Å². The van der Waals surface area contributed by atoms with E-state index >= 15 is 0 Å². The molecular weight excluding hydrogens is 148 g/mol. The fourth-order valence-corrected chi connectivity index (χ4v) is 0.898. The molecule has 0 amide bonds. The predicted molar refractivity (Wildman–Crippen MR) is 56.6 cm³/mol. The summed E-state index contributed by atoms with van der Waals surface area (Å²) in [6.45, 7) is 12.6. The standard InChI is InChI=1S/C6H14O.C5H12/c1-5(2)7-6(3)4;1-3-5-4-2/h5-6H,1-4H3;3-5H2,1-2H3. The second-order valence-corrected chi connectivity index (χ2v) is 3.59. The van der Waals surface area contributed by atoms with Crippen LogP contribution >= 0.6 is 0 Å². The Morgan fingerprint density at radius 2 is 1.17 bits per heavy atom. The second kappa shape index (κ2) is 11.0. The Morgan fingerprint density at radius 1 is 0.833 bits per heavy atom. The maximum absolute atomic E-state index is 5.25. The van der Waals surface area contributed by atoms with E-state index in [0.717, 1.165) is 0 Å². The Bertz CT molecular complexity index is 59.4. The quantitative estimate of drug-likeness (QED) is 0.625.